The van der Waals surface area contributed by atoms with E-state index in [9.17, 15) is 10.1 Å². The molecule has 202 valence electrons. The Kier molecular flexibility index (Phi) is 6.40. The van der Waals surface area contributed by atoms with E-state index in [1.54, 1.807) is 39.9 Å². The zero-order chi connectivity index (χ0) is 27.9. The zero-order valence-corrected chi connectivity index (χ0v) is 21.6. The third-order valence-corrected chi connectivity index (χ3v) is 7.36. The SMILES string of the molecule is N#CC(=CC1(N)CC1)C(=O)N1CCCC1Cn1nc(-c2ccc(Oc3ccccc3)cc2F)c2c(N)ncnc21. The van der Waals surface area contributed by atoms with Crippen molar-refractivity contribution in [3.05, 3.63) is 72.3 Å². The quantitative estimate of drug-likeness (QED) is 0.265. The van der Waals surface area contributed by atoms with Crippen molar-refractivity contribution >= 4 is 22.8 Å². The molecule has 1 saturated heterocycles. The molecule has 1 aliphatic carbocycles. The van der Waals surface area contributed by atoms with Gasteiger partial charge in [0.2, 0.25) is 0 Å². The number of para-hydroxylation sites is 1. The summed E-state index contributed by atoms with van der Waals surface area (Å²) in [4.78, 5) is 23.5. The summed E-state index contributed by atoms with van der Waals surface area (Å²) in [6, 6.07) is 15.4. The van der Waals surface area contributed by atoms with E-state index in [0.29, 0.717) is 41.3 Å². The average molecular weight is 539 g/mol. The van der Waals surface area contributed by atoms with Gasteiger partial charge in [0.05, 0.1) is 18.0 Å². The first kappa shape index (κ1) is 25.5. The first-order chi connectivity index (χ1) is 19.3. The van der Waals surface area contributed by atoms with Crippen molar-refractivity contribution in [2.45, 2.75) is 43.8 Å². The molecule has 0 spiro atoms. The molecule has 4 N–H and O–H groups in total. The van der Waals surface area contributed by atoms with Gasteiger partial charge in [0.15, 0.2) is 5.65 Å². The van der Waals surface area contributed by atoms with Crippen LogP contribution in [0.25, 0.3) is 22.3 Å². The van der Waals surface area contributed by atoms with E-state index in [2.05, 4.69) is 9.97 Å². The molecule has 10 nitrogen and oxygen atoms in total. The third-order valence-electron chi connectivity index (χ3n) is 7.36. The smallest absolute Gasteiger partial charge is 0.264 e. The van der Waals surface area contributed by atoms with Crippen LogP contribution in [0.4, 0.5) is 10.2 Å². The van der Waals surface area contributed by atoms with Gasteiger partial charge >= 0.3 is 0 Å². The number of halogens is 1. The maximum atomic E-state index is 15.4. The Morgan fingerprint density at radius 2 is 2.00 bits per heavy atom. The van der Waals surface area contributed by atoms with Crippen molar-refractivity contribution in [2.24, 2.45) is 5.73 Å². The molecule has 1 atom stereocenters. The molecule has 2 aliphatic rings. The minimum absolute atomic E-state index is 0.0596. The first-order valence-corrected chi connectivity index (χ1v) is 13.1. The number of nitrogens with two attached hydrogens (primary N) is 2. The van der Waals surface area contributed by atoms with Crippen molar-refractivity contribution in [3.63, 3.8) is 0 Å². The molecule has 11 heteroatoms. The Morgan fingerprint density at radius 3 is 2.73 bits per heavy atom. The number of likely N-dealkylation sites (tertiary alicyclic amines) is 1. The van der Waals surface area contributed by atoms with Crippen LogP contribution in [0.2, 0.25) is 0 Å². The molecule has 0 bridgehead atoms. The van der Waals surface area contributed by atoms with Gasteiger partial charge in [0.25, 0.3) is 5.91 Å². The number of hydrogen-bond acceptors (Lipinski definition) is 8. The van der Waals surface area contributed by atoms with Crippen LogP contribution in [0.1, 0.15) is 25.7 Å². The predicted molar refractivity (Wildman–Crippen MR) is 146 cm³/mol. The number of hydrogen-bond donors (Lipinski definition) is 2. The molecule has 0 radical (unpaired) electrons. The Hall–Kier alpha value is -4.82. The van der Waals surface area contributed by atoms with Crippen LogP contribution < -0.4 is 16.2 Å². The van der Waals surface area contributed by atoms with E-state index < -0.39 is 11.4 Å². The third kappa shape index (κ3) is 4.85. The van der Waals surface area contributed by atoms with Crippen molar-refractivity contribution in [2.75, 3.05) is 12.3 Å². The predicted octanol–water partition coefficient (Wildman–Crippen LogP) is 3.94. The van der Waals surface area contributed by atoms with Gasteiger partial charge < -0.3 is 21.1 Å². The number of nitrogens with zero attached hydrogens (tertiary/aromatic N) is 6. The lowest BCUT2D eigenvalue weighted by Crippen LogP contribution is -2.39. The van der Waals surface area contributed by atoms with E-state index in [4.69, 9.17) is 21.3 Å². The van der Waals surface area contributed by atoms with Crippen molar-refractivity contribution in [1.29, 1.82) is 5.26 Å². The lowest BCUT2D eigenvalue weighted by atomic mass is 10.1. The van der Waals surface area contributed by atoms with Gasteiger partial charge in [-0.25, -0.2) is 19.0 Å². The number of carbonyl (C=O) groups excluding carboxylic acids is 1. The van der Waals surface area contributed by atoms with Gasteiger partial charge in [0, 0.05) is 23.7 Å². The summed E-state index contributed by atoms with van der Waals surface area (Å²) in [6.45, 7) is 0.808. The van der Waals surface area contributed by atoms with Gasteiger partial charge in [-0.15, -0.1) is 0 Å². The number of nitriles is 1. The van der Waals surface area contributed by atoms with Crippen LogP contribution in [-0.4, -0.2) is 48.7 Å². The highest BCUT2D eigenvalue weighted by molar-refractivity contribution is 5.99. The molecular formula is C29H27FN8O2. The molecule has 1 saturated carbocycles. The fourth-order valence-corrected chi connectivity index (χ4v) is 5.09. The number of rotatable bonds is 7. The second-order valence-corrected chi connectivity index (χ2v) is 10.2. The van der Waals surface area contributed by atoms with Crippen molar-refractivity contribution in [3.8, 4) is 28.8 Å². The normalized spacial score (nSPS) is 18.1. The highest BCUT2D eigenvalue weighted by atomic mass is 19.1. The fourth-order valence-electron chi connectivity index (χ4n) is 5.09. The monoisotopic (exact) mass is 538 g/mol. The van der Waals surface area contributed by atoms with E-state index in [1.165, 1.54) is 12.4 Å². The van der Waals surface area contributed by atoms with Crippen LogP contribution in [0.3, 0.4) is 0 Å². The number of anilines is 1. The average Bonchev–Trinajstić information content (AvgIpc) is 3.32. The lowest BCUT2D eigenvalue weighted by Gasteiger charge is -2.24. The second-order valence-electron chi connectivity index (χ2n) is 10.2. The number of aromatic nitrogens is 4. The number of fused-ring (bicyclic) bond motifs is 1. The molecule has 1 amide bonds. The van der Waals surface area contributed by atoms with Crippen molar-refractivity contribution in [1.82, 2.24) is 24.6 Å². The summed E-state index contributed by atoms with van der Waals surface area (Å²) in [5.74, 6) is 0.216. The number of benzene rings is 2. The van der Waals surface area contributed by atoms with E-state index in [-0.39, 0.29) is 28.9 Å². The molecule has 6 rings (SSSR count). The molecule has 1 unspecified atom stereocenters. The number of amides is 1. The van der Waals surface area contributed by atoms with Gasteiger partial charge in [-0.3, -0.25) is 4.79 Å². The second kappa shape index (κ2) is 10.1. The van der Waals surface area contributed by atoms with E-state index >= 15 is 4.39 Å². The zero-order valence-electron chi connectivity index (χ0n) is 21.6. The summed E-state index contributed by atoms with van der Waals surface area (Å²) >= 11 is 0. The Balaban J connectivity index is 1.31. The minimum Gasteiger partial charge on any atom is -0.457 e. The molecule has 2 aromatic heterocycles. The standard InChI is InChI=1S/C29H27FN8O2/c30-23-13-21(40-20-6-2-1-3-7-20)8-9-22(23)25-24-26(32)34-17-35-27(24)38(36-25)16-19-5-4-12-37(19)28(39)18(15-31)14-29(33)10-11-29/h1-3,6-9,13-14,17,19H,4-5,10-12,16,33H2,(H2,32,34,35). The van der Waals surface area contributed by atoms with Gasteiger partial charge in [-0.1, -0.05) is 18.2 Å². The Morgan fingerprint density at radius 1 is 1.20 bits per heavy atom. The van der Waals surface area contributed by atoms with Crippen LogP contribution >= 0.6 is 0 Å². The first-order valence-electron chi connectivity index (χ1n) is 13.1. The fraction of sp³-hybridized carbons (Fsp3) is 0.276. The minimum atomic E-state index is -0.566. The molecular weight excluding hydrogens is 511 g/mol. The molecule has 1 aliphatic heterocycles. The molecule has 3 heterocycles. The summed E-state index contributed by atoms with van der Waals surface area (Å²) < 4.78 is 22.8. The van der Waals surface area contributed by atoms with E-state index in [0.717, 1.165) is 25.7 Å². The van der Waals surface area contributed by atoms with Crippen LogP contribution in [0, 0.1) is 17.1 Å². The topological polar surface area (TPSA) is 149 Å². The van der Waals surface area contributed by atoms with Gasteiger partial charge in [-0.05, 0) is 56.0 Å². The number of ether oxygens (including phenoxy) is 1. The Labute approximate surface area is 229 Å². The molecule has 2 aromatic carbocycles. The summed E-state index contributed by atoms with van der Waals surface area (Å²) in [5, 5.41) is 14.8. The highest BCUT2D eigenvalue weighted by Crippen LogP contribution is 2.36. The summed E-state index contributed by atoms with van der Waals surface area (Å²) in [6.07, 6.45) is 5.94. The molecule has 40 heavy (non-hydrogen) atoms. The summed E-state index contributed by atoms with van der Waals surface area (Å²) in [5.41, 5.74) is 12.8. The number of carbonyl (C=O) groups is 1. The lowest BCUT2D eigenvalue weighted by molar-refractivity contribution is -0.127. The van der Waals surface area contributed by atoms with Crippen LogP contribution in [0.5, 0.6) is 11.5 Å². The summed E-state index contributed by atoms with van der Waals surface area (Å²) in [7, 11) is 0. The Bertz CT molecular complexity index is 1670. The maximum Gasteiger partial charge on any atom is 0.264 e. The molecule has 2 fully saturated rings. The van der Waals surface area contributed by atoms with Gasteiger partial charge in [-0.2, -0.15) is 10.4 Å². The van der Waals surface area contributed by atoms with E-state index in [1.807, 2.05) is 24.3 Å². The maximum absolute atomic E-state index is 15.4. The van der Waals surface area contributed by atoms with Crippen LogP contribution in [-0.2, 0) is 11.3 Å². The molecule has 4 aromatic rings. The number of nitrogen functional groups attached to an aromatic ring is 1. The highest BCUT2D eigenvalue weighted by Gasteiger charge is 2.39. The van der Waals surface area contributed by atoms with Crippen LogP contribution in [0.15, 0.2) is 66.5 Å². The van der Waals surface area contributed by atoms with Crippen molar-refractivity contribution < 1.29 is 13.9 Å². The largest absolute Gasteiger partial charge is 0.457 e. The van der Waals surface area contributed by atoms with Gasteiger partial charge in [0.1, 0.15) is 46.8 Å².